The molecule has 0 saturated carbocycles. The van der Waals surface area contributed by atoms with Gasteiger partial charge in [-0.25, -0.2) is 0 Å². The lowest BCUT2D eigenvalue weighted by Crippen LogP contribution is -2.14. The number of amides is 1. The van der Waals surface area contributed by atoms with Crippen molar-refractivity contribution in [1.82, 2.24) is 0 Å². The lowest BCUT2D eigenvalue weighted by atomic mass is 10.0. The number of nitro groups is 1. The summed E-state index contributed by atoms with van der Waals surface area (Å²) >= 11 is 0. The van der Waals surface area contributed by atoms with Crippen molar-refractivity contribution >= 4 is 17.3 Å². The summed E-state index contributed by atoms with van der Waals surface area (Å²) in [7, 11) is 0. The zero-order chi connectivity index (χ0) is 17.1. The number of carbonyl (C=O) groups excluding carboxylic acids is 1. The minimum Gasteiger partial charge on any atom is -0.321 e. The second-order valence-electron chi connectivity index (χ2n) is 5.94. The molecule has 0 heterocycles. The SMILES string of the molecule is Cc1cc([N+](=O)[O-])cc(C)c1NC(=O)c1ccc(C(C)C)cc1. The van der Waals surface area contributed by atoms with Crippen LogP contribution in [0.1, 0.15) is 46.8 Å². The third kappa shape index (κ3) is 3.74. The molecule has 2 aromatic rings. The highest BCUT2D eigenvalue weighted by Gasteiger charge is 2.15. The molecule has 2 aromatic carbocycles. The van der Waals surface area contributed by atoms with E-state index in [1.807, 2.05) is 12.1 Å². The fourth-order valence-corrected chi connectivity index (χ4v) is 2.45. The van der Waals surface area contributed by atoms with E-state index < -0.39 is 4.92 Å². The van der Waals surface area contributed by atoms with Crippen LogP contribution in [-0.4, -0.2) is 10.8 Å². The van der Waals surface area contributed by atoms with Gasteiger partial charge >= 0.3 is 0 Å². The second-order valence-corrected chi connectivity index (χ2v) is 5.94. The summed E-state index contributed by atoms with van der Waals surface area (Å²) in [5.74, 6) is 0.187. The zero-order valence-electron chi connectivity index (χ0n) is 13.7. The van der Waals surface area contributed by atoms with Gasteiger partial charge in [0.25, 0.3) is 11.6 Å². The van der Waals surface area contributed by atoms with Gasteiger partial charge in [-0.1, -0.05) is 26.0 Å². The highest BCUT2D eigenvalue weighted by atomic mass is 16.6. The van der Waals surface area contributed by atoms with Crippen molar-refractivity contribution in [1.29, 1.82) is 0 Å². The van der Waals surface area contributed by atoms with Gasteiger partial charge in [0.05, 0.1) is 4.92 Å². The monoisotopic (exact) mass is 312 g/mol. The number of rotatable bonds is 4. The van der Waals surface area contributed by atoms with Crippen LogP contribution in [0.2, 0.25) is 0 Å². The van der Waals surface area contributed by atoms with Crippen molar-refractivity contribution in [2.45, 2.75) is 33.6 Å². The highest BCUT2D eigenvalue weighted by Crippen LogP contribution is 2.26. The van der Waals surface area contributed by atoms with Gasteiger partial charge in [-0.3, -0.25) is 14.9 Å². The Hall–Kier alpha value is -2.69. The molecule has 5 nitrogen and oxygen atoms in total. The Balaban J connectivity index is 2.25. The van der Waals surface area contributed by atoms with Crippen LogP contribution in [0.15, 0.2) is 36.4 Å². The van der Waals surface area contributed by atoms with Crippen LogP contribution in [0.5, 0.6) is 0 Å². The van der Waals surface area contributed by atoms with Gasteiger partial charge in [-0.15, -0.1) is 0 Å². The number of nitrogens with one attached hydrogen (secondary N) is 1. The first-order valence-electron chi connectivity index (χ1n) is 7.46. The van der Waals surface area contributed by atoms with Crippen LogP contribution in [0.25, 0.3) is 0 Å². The summed E-state index contributed by atoms with van der Waals surface area (Å²) in [5, 5.41) is 13.7. The Morgan fingerprint density at radius 3 is 2.04 bits per heavy atom. The maximum atomic E-state index is 12.4. The van der Waals surface area contributed by atoms with Crippen molar-refractivity contribution in [3.63, 3.8) is 0 Å². The summed E-state index contributed by atoms with van der Waals surface area (Å²) in [5.41, 5.74) is 3.72. The Morgan fingerprint density at radius 1 is 1.09 bits per heavy atom. The second kappa shape index (κ2) is 6.60. The molecule has 0 aliphatic rings. The molecular weight excluding hydrogens is 292 g/mol. The molecule has 23 heavy (non-hydrogen) atoms. The molecule has 0 spiro atoms. The first kappa shape index (κ1) is 16.7. The minimum absolute atomic E-state index is 0.0271. The molecule has 0 atom stereocenters. The Kier molecular flexibility index (Phi) is 4.79. The number of non-ortho nitro benzene ring substituents is 1. The molecule has 5 heteroatoms. The van der Waals surface area contributed by atoms with E-state index in [1.54, 1.807) is 26.0 Å². The number of hydrogen-bond acceptors (Lipinski definition) is 3. The fourth-order valence-electron chi connectivity index (χ4n) is 2.45. The molecule has 2 rings (SSSR count). The first-order valence-corrected chi connectivity index (χ1v) is 7.46. The van der Waals surface area contributed by atoms with Gasteiger partial charge in [0.15, 0.2) is 0 Å². The average Bonchev–Trinajstić information content (AvgIpc) is 2.50. The van der Waals surface area contributed by atoms with E-state index in [9.17, 15) is 14.9 Å². The number of nitro benzene ring substituents is 1. The lowest BCUT2D eigenvalue weighted by Gasteiger charge is -2.12. The first-order chi connectivity index (χ1) is 10.8. The summed E-state index contributed by atoms with van der Waals surface area (Å²) in [6.45, 7) is 7.69. The van der Waals surface area contributed by atoms with E-state index in [2.05, 4.69) is 19.2 Å². The largest absolute Gasteiger partial charge is 0.321 e. The van der Waals surface area contributed by atoms with Crippen molar-refractivity contribution in [3.8, 4) is 0 Å². The Morgan fingerprint density at radius 2 is 1.61 bits per heavy atom. The van der Waals surface area contributed by atoms with Crippen LogP contribution in [0.3, 0.4) is 0 Å². The van der Waals surface area contributed by atoms with E-state index in [0.717, 1.165) is 0 Å². The summed E-state index contributed by atoms with van der Waals surface area (Å²) in [6, 6.07) is 10.4. The smallest absolute Gasteiger partial charge is 0.270 e. The molecule has 120 valence electrons. The van der Waals surface area contributed by atoms with Crippen molar-refractivity contribution in [2.75, 3.05) is 5.32 Å². The highest BCUT2D eigenvalue weighted by molar-refractivity contribution is 6.05. The third-order valence-electron chi connectivity index (χ3n) is 3.81. The number of aryl methyl sites for hydroxylation is 2. The number of hydrogen-bond donors (Lipinski definition) is 1. The van der Waals surface area contributed by atoms with Crippen molar-refractivity contribution in [3.05, 3.63) is 68.8 Å². The Bertz CT molecular complexity index is 726. The standard InChI is InChI=1S/C18H20N2O3/c1-11(2)14-5-7-15(8-6-14)18(21)19-17-12(3)9-16(20(22)23)10-13(17)4/h5-11H,1-4H3,(H,19,21). The van der Waals surface area contributed by atoms with Crippen LogP contribution >= 0.6 is 0 Å². The van der Waals surface area contributed by atoms with Gasteiger partial charge in [0.1, 0.15) is 0 Å². The quantitative estimate of drug-likeness (QED) is 0.663. The molecule has 1 amide bonds. The molecule has 0 bridgehead atoms. The van der Waals surface area contributed by atoms with Crippen LogP contribution in [0, 0.1) is 24.0 Å². The summed E-state index contributed by atoms with van der Waals surface area (Å²) in [4.78, 5) is 22.8. The number of benzene rings is 2. The molecule has 0 aromatic heterocycles. The molecule has 0 unspecified atom stereocenters. The molecule has 0 aliphatic heterocycles. The van der Waals surface area contributed by atoms with Crippen LogP contribution < -0.4 is 5.32 Å². The van der Waals surface area contributed by atoms with Gasteiger partial charge in [0, 0.05) is 23.4 Å². The lowest BCUT2D eigenvalue weighted by molar-refractivity contribution is -0.384. The van der Waals surface area contributed by atoms with Gasteiger partial charge in [-0.2, -0.15) is 0 Å². The summed E-state index contributed by atoms with van der Waals surface area (Å²) in [6.07, 6.45) is 0. The van der Waals surface area contributed by atoms with Crippen LogP contribution in [0.4, 0.5) is 11.4 Å². The van der Waals surface area contributed by atoms with Gasteiger partial charge in [-0.05, 0) is 48.6 Å². The molecule has 1 N–H and O–H groups in total. The van der Waals surface area contributed by atoms with E-state index in [4.69, 9.17) is 0 Å². The maximum Gasteiger partial charge on any atom is 0.270 e. The van der Waals surface area contributed by atoms with Gasteiger partial charge < -0.3 is 5.32 Å². The molecule has 0 fully saturated rings. The zero-order valence-corrected chi connectivity index (χ0v) is 13.7. The Labute approximate surface area is 135 Å². The minimum atomic E-state index is -0.434. The van der Waals surface area contributed by atoms with Crippen molar-refractivity contribution < 1.29 is 9.72 Å². The van der Waals surface area contributed by atoms with E-state index >= 15 is 0 Å². The third-order valence-corrected chi connectivity index (χ3v) is 3.81. The fraction of sp³-hybridized carbons (Fsp3) is 0.278. The predicted molar refractivity (Wildman–Crippen MR) is 91.1 cm³/mol. The topological polar surface area (TPSA) is 72.2 Å². The number of anilines is 1. The maximum absolute atomic E-state index is 12.4. The molecule has 0 radical (unpaired) electrons. The molecule has 0 saturated heterocycles. The average molecular weight is 312 g/mol. The van der Waals surface area contributed by atoms with Gasteiger partial charge in [0.2, 0.25) is 0 Å². The number of nitrogens with zero attached hydrogens (tertiary/aromatic N) is 1. The number of carbonyl (C=O) groups is 1. The van der Waals surface area contributed by atoms with E-state index in [1.165, 1.54) is 17.7 Å². The van der Waals surface area contributed by atoms with Crippen LogP contribution in [-0.2, 0) is 0 Å². The normalized spacial score (nSPS) is 10.7. The summed E-state index contributed by atoms with van der Waals surface area (Å²) < 4.78 is 0. The molecular formula is C18H20N2O3. The predicted octanol–water partition coefficient (Wildman–Crippen LogP) is 4.59. The van der Waals surface area contributed by atoms with E-state index in [-0.39, 0.29) is 11.6 Å². The van der Waals surface area contributed by atoms with Crippen molar-refractivity contribution in [2.24, 2.45) is 0 Å². The van der Waals surface area contributed by atoms with E-state index in [0.29, 0.717) is 28.3 Å². The molecule has 0 aliphatic carbocycles.